The molecule has 1 aromatic heterocycles. The maximum atomic E-state index is 13.2. The van der Waals surface area contributed by atoms with Crippen molar-refractivity contribution in [2.24, 2.45) is 5.41 Å². The molecule has 1 aliphatic heterocycles. The lowest BCUT2D eigenvalue weighted by Gasteiger charge is -2.32. The summed E-state index contributed by atoms with van der Waals surface area (Å²) in [4.78, 5) is 12.8. The van der Waals surface area contributed by atoms with Gasteiger partial charge in [0.2, 0.25) is 0 Å². The van der Waals surface area contributed by atoms with Crippen LogP contribution in [0.1, 0.15) is 54.1 Å². The molecular formula is C18H23FN4O. The normalized spacial score (nSPS) is 15.7. The number of aromatic amines is 1. The van der Waals surface area contributed by atoms with Crippen LogP contribution in [0.3, 0.4) is 0 Å². The molecule has 1 unspecified atom stereocenters. The Balaban J connectivity index is 1.86. The van der Waals surface area contributed by atoms with E-state index in [2.05, 4.69) is 20.8 Å². The molecule has 128 valence electrons. The van der Waals surface area contributed by atoms with E-state index in [-0.39, 0.29) is 23.2 Å². The molecular weight excluding hydrogens is 307 g/mol. The highest BCUT2D eigenvalue weighted by atomic mass is 19.1. The smallest absolute Gasteiger partial charge is 0.272 e. The van der Waals surface area contributed by atoms with Gasteiger partial charge in [-0.3, -0.25) is 9.89 Å². The second-order valence-corrected chi connectivity index (χ2v) is 7.28. The first-order valence-electron chi connectivity index (χ1n) is 8.19. The first kappa shape index (κ1) is 16.6. The molecule has 0 aliphatic carbocycles. The summed E-state index contributed by atoms with van der Waals surface area (Å²) in [5.41, 5.74) is 3.05. The van der Waals surface area contributed by atoms with Gasteiger partial charge in [0, 0.05) is 30.8 Å². The van der Waals surface area contributed by atoms with Crippen LogP contribution in [-0.2, 0) is 13.0 Å². The monoisotopic (exact) mass is 330 g/mol. The molecule has 1 amide bonds. The topological polar surface area (TPSA) is 69.8 Å². The Morgan fingerprint density at radius 2 is 2.00 bits per heavy atom. The zero-order valence-corrected chi connectivity index (χ0v) is 14.2. The van der Waals surface area contributed by atoms with Crippen LogP contribution < -0.4 is 10.6 Å². The van der Waals surface area contributed by atoms with Gasteiger partial charge in [-0.15, -0.1) is 0 Å². The van der Waals surface area contributed by atoms with Crippen molar-refractivity contribution in [3.05, 3.63) is 52.6 Å². The van der Waals surface area contributed by atoms with Gasteiger partial charge < -0.3 is 10.6 Å². The van der Waals surface area contributed by atoms with E-state index in [9.17, 15) is 9.18 Å². The molecule has 1 atom stereocenters. The number of fused-ring (bicyclic) bond motifs is 1. The first-order valence-corrected chi connectivity index (χ1v) is 8.19. The van der Waals surface area contributed by atoms with Gasteiger partial charge in [0.25, 0.3) is 5.91 Å². The molecule has 6 heteroatoms. The molecule has 3 N–H and O–H groups in total. The number of aromatic nitrogens is 2. The molecule has 1 aromatic carbocycles. The van der Waals surface area contributed by atoms with E-state index in [1.807, 2.05) is 20.8 Å². The van der Waals surface area contributed by atoms with Gasteiger partial charge in [0.05, 0.1) is 6.04 Å². The van der Waals surface area contributed by atoms with E-state index in [0.29, 0.717) is 12.2 Å². The van der Waals surface area contributed by atoms with Gasteiger partial charge in [-0.25, -0.2) is 4.39 Å². The zero-order chi connectivity index (χ0) is 17.3. The molecule has 0 saturated carbocycles. The molecule has 0 fully saturated rings. The van der Waals surface area contributed by atoms with Gasteiger partial charge in [-0.1, -0.05) is 32.9 Å². The number of carbonyl (C=O) groups excluding carboxylic acids is 1. The van der Waals surface area contributed by atoms with Gasteiger partial charge in [0.1, 0.15) is 5.82 Å². The lowest BCUT2D eigenvalue weighted by atomic mass is 9.82. The predicted molar refractivity (Wildman–Crippen MR) is 90.1 cm³/mol. The molecule has 24 heavy (non-hydrogen) atoms. The molecule has 0 spiro atoms. The van der Waals surface area contributed by atoms with Crippen LogP contribution in [0.4, 0.5) is 4.39 Å². The van der Waals surface area contributed by atoms with E-state index >= 15 is 0 Å². The number of nitrogens with one attached hydrogen (secondary N) is 3. The third-order valence-corrected chi connectivity index (χ3v) is 4.37. The summed E-state index contributed by atoms with van der Waals surface area (Å²) < 4.78 is 13.2. The number of carbonyl (C=O) groups is 1. The lowest BCUT2D eigenvalue weighted by Crippen LogP contribution is -2.37. The third kappa shape index (κ3) is 3.33. The molecule has 2 aromatic rings. The summed E-state index contributed by atoms with van der Waals surface area (Å²) in [6, 6.07) is 6.02. The number of amides is 1. The number of H-pyrrole nitrogens is 1. The Kier molecular flexibility index (Phi) is 4.41. The van der Waals surface area contributed by atoms with Crippen LogP contribution in [0.2, 0.25) is 0 Å². The largest absolute Gasteiger partial charge is 0.343 e. The number of hydrogen-bond donors (Lipinski definition) is 3. The Hall–Kier alpha value is -2.21. The first-order chi connectivity index (χ1) is 11.4. The van der Waals surface area contributed by atoms with Crippen molar-refractivity contribution in [1.29, 1.82) is 0 Å². The molecule has 1 aliphatic rings. The third-order valence-electron chi connectivity index (χ3n) is 4.37. The molecule has 5 nitrogen and oxygen atoms in total. The van der Waals surface area contributed by atoms with Gasteiger partial charge >= 0.3 is 0 Å². The molecule has 2 heterocycles. The highest BCUT2D eigenvalue weighted by Gasteiger charge is 2.30. The van der Waals surface area contributed by atoms with Crippen LogP contribution in [0.25, 0.3) is 0 Å². The SMILES string of the molecule is CC(C)(C)C(NC(=O)c1n[nH]c2c1CNCC2)c1ccc(F)cc1. The van der Waals surface area contributed by atoms with Crippen LogP contribution in [0.5, 0.6) is 0 Å². The van der Waals surface area contributed by atoms with E-state index < -0.39 is 0 Å². The van der Waals surface area contributed by atoms with E-state index in [0.717, 1.165) is 29.8 Å². The summed E-state index contributed by atoms with van der Waals surface area (Å²) in [7, 11) is 0. The standard InChI is InChI=1S/C18H23FN4O/c1-18(2,3)16(11-4-6-12(19)7-5-11)21-17(24)15-13-10-20-9-8-14(13)22-23-15/h4-7,16,20H,8-10H2,1-3H3,(H,21,24)(H,22,23). The molecule has 0 saturated heterocycles. The van der Waals surface area contributed by atoms with Crippen molar-refractivity contribution in [3.8, 4) is 0 Å². The maximum absolute atomic E-state index is 13.2. The fourth-order valence-electron chi connectivity index (χ4n) is 3.07. The number of halogens is 1. The van der Waals surface area contributed by atoms with Gasteiger partial charge in [0.15, 0.2) is 5.69 Å². The lowest BCUT2D eigenvalue weighted by molar-refractivity contribution is 0.0895. The van der Waals surface area contributed by atoms with Crippen molar-refractivity contribution in [2.75, 3.05) is 6.54 Å². The fourth-order valence-corrected chi connectivity index (χ4v) is 3.07. The summed E-state index contributed by atoms with van der Waals surface area (Å²) in [6.45, 7) is 7.66. The maximum Gasteiger partial charge on any atom is 0.272 e. The fraction of sp³-hybridized carbons (Fsp3) is 0.444. The Bertz CT molecular complexity index is 730. The van der Waals surface area contributed by atoms with E-state index in [4.69, 9.17) is 0 Å². The highest BCUT2D eigenvalue weighted by Crippen LogP contribution is 2.33. The summed E-state index contributed by atoms with van der Waals surface area (Å²) in [5.74, 6) is -0.495. The van der Waals surface area contributed by atoms with Crippen LogP contribution in [0, 0.1) is 11.2 Å². The summed E-state index contributed by atoms with van der Waals surface area (Å²) in [5, 5.41) is 13.5. The molecule has 0 radical (unpaired) electrons. The summed E-state index contributed by atoms with van der Waals surface area (Å²) in [6.07, 6.45) is 0.844. The Labute approximate surface area is 141 Å². The minimum atomic E-state index is -0.287. The molecule has 3 rings (SSSR count). The Morgan fingerprint density at radius 1 is 1.29 bits per heavy atom. The van der Waals surface area contributed by atoms with Gasteiger partial charge in [-0.2, -0.15) is 5.10 Å². The van der Waals surface area contributed by atoms with Crippen molar-refractivity contribution in [1.82, 2.24) is 20.8 Å². The minimum Gasteiger partial charge on any atom is -0.343 e. The van der Waals surface area contributed by atoms with Crippen molar-refractivity contribution >= 4 is 5.91 Å². The number of nitrogens with zero attached hydrogens (tertiary/aromatic N) is 1. The van der Waals surface area contributed by atoms with Crippen molar-refractivity contribution < 1.29 is 9.18 Å². The van der Waals surface area contributed by atoms with Crippen LogP contribution in [0.15, 0.2) is 24.3 Å². The number of rotatable bonds is 3. The van der Waals surface area contributed by atoms with E-state index in [1.54, 1.807) is 12.1 Å². The average molecular weight is 330 g/mol. The van der Waals surface area contributed by atoms with Crippen LogP contribution in [-0.4, -0.2) is 22.6 Å². The van der Waals surface area contributed by atoms with Crippen molar-refractivity contribution in [2.45, 2.75) is 39.8 Å². The average Bonchev–Trinajstić information content (AvgIpc) is 2.96. The number of hydrogen-bond acceptors (Lipinski definition) is 3. The second-order valence-electron chi connectivity index (χ2n) is 7.28. The Morgan fingerprint density at radius 3 is 2.67 bits per heavy atom. The molecule has 0 bridgehead atoms. The predicted octanol–water partition coefficient (Wildman–Crippen LogP) is 2.71. The van der Waals surface area contributed by atoms with Crippen LogP contribution >= 0.6 is 0 Å². The van der Waals surface area contributed by atoms with E-state index in [1.165, 1.54) is 12.1 Å². The highest BCUT2D eigenvalue weighted by molar-refractivity contribution is 5.94. The summed E-state index contributed by atoms with van der Waals surface area (Å²) >= 11 is 0. The second kappa shape index (κ2) is 6.36. The zero-order valence-electron chi connectivity index (χ0n) is 14.2. The quantitative estimate of drug-likeness (QED) is 0.810. The number of benzene rings is 1. The van der Waals surface area contributed by atoms with Crippen molar-refractivity contribution in [3.63, 3.8) is 0 Å². The van der Waals surface area contributed by atoms with Gasteiger partial charge in [-0.05, 0) is 23.1 Å². The minimum absolute atomic E-state index is 0.208.